The first-order chi connectivity index (χ1) is 6.63. The van der Waals surface area contributed by atoms with Crippen LogP contribution in [0.3, 0.4) is 0 Å². The number of aliphatic hydroxyl groups is 1. The van der Waals surface area contributed by atoms with Crippen LogP contribution in [-0.4, -0.2) is 34.8 Å². The number of aliphatic hydroxyl groups excluding tert-OH is 1. The van der Waals surface area contributed by atoms with Gasteiger partial charge in [-0.25, -0.2) is 9.97 Å². The van der Waals surface area contributed by atoms with E-state index in [9.17, 15) is 5.11 Å². The minimum absolute atomic E-state index is 0.398. The Labute approximate surface area is 83.6 Å². The Kier molecular flexibility index (Phi) is 3.79. The molecule has 0 saturated carbocycles. The molecule has 1 atom stereocenters. The summed E-state index contributed by atoms with van der Waals surface area (Å²) in [4.78, 5) is 10.1. The molecule has 1 unspecified atom stereocenters. The zero-order chi connectivity index (χ0) is 10.6. The van der Waals surface area contributed by atoms with Gasteiger partial charge in [0.25, 0.3) is 0 Å². The molecular weight excluding hydrogens is 180 g/mol. The van der Waals surface area contributed by atoms with Gasteiger partial charge in [-0.1, -0.05) is 0 Å². The van der Waals surface area contributed by atoms with Gasteiger partial charge in [0.1, 0.15) is 0 Å². The lowest BCUT2D eigenvalue weighted by Gasteiger charge is -2.18. The number of likely N-dealkylation sites (N-methyl/N-ethyl adjacent to an activating group) is 1. The summed E-state index contributed by atoms with van der Waals surface area (Å²) in [5.41, 5.74) is 6.26. The molecular formula is C9H16N4O. The third-order valence-corrected chi connectivity index (χ3v) is 1.79. The normalized spacial score (nSPS) is 12.6. The number of hydrogen-bond acceptors (Lipinski definition) is 5. The number of anilines is 1. The SMILES string of the molecule is CC(O)CN(C)c1nccc(CN)n1. The van der Waals surface area contributed by atoms with E-state index in [1.54, 1.807) is 24.1 Å². The van der Waals surface area contributed by atoms with Gasteiger partial charge < -0.3 is 15.7 Å². The lowest BCUT2D eigenvalue weighted by atomic mass is 10.4. The van der Waals surface area contributed by atoms with Crippen molar-refractivity contribution in [1.29, 1.82) is 0 Å². The van der Waals surface area contributed by atoms with Gasteiger partial charge in [-0.05, 0) is 13.0 Å². The Morgan fingerprint density at radius 1 is 1.64 bits per heavy atom. The average Bonchev–Trinajstić information content (AvgIpc) is 2.17. The van der Waals surface area contributed by atoms with Crippen LogP contribution in [0.15, 0.2) is 12.3 Å². The molecule has 1 aromatic rings. The van der Waals surface area contributed by atoms with Gasteiger partial charge in [0.15, 0.2) is 0 Å². The monoisotopic (exact) mass is 196 g/mol. The van der Waals surface area contributed by atoms with Gasteiger partial charge in [-0.3, -0.25) is 0 Å². The van der Waals surface area contributed by atoms with Crippen molar-refractivity contribution in [2.24, 2.45) is 5.73 Å². The van der Waals surface area contributed by atoms with Gasteiger partial charge in [0.05, 0.1) is 11.8 Å². The highest BCUT2D eigenvalue weighted by Gasteiger charge is 2.06. The summed E-state index contributed by atoms with van der Waals surface area (Å²) >= 11 is 0. The maximum atomic E-state index is 9.19. The fourth-order valence-electron chi connectivity index (χ4n) is 1.16. The zero-order valence-corrected chi connectivity index (χ0v) is 8.51. The lowest BCUT2D eigenvalue weighted by Crippen LogP contribution is -2.28. The van der Waals surface area contributed by atoms with Crippen LogP contribution in [0.4, 0.5) is 5.95 Å². The smallest absolute Gasteiger partial charge is 0.225 e. The molecule has 0 fully saturated rings. The van der Waals surface area contributed by atoms with Crippen LogP contribution in [0, 0.1) is 0 Å². The van der Waals surface area contributed by atoms with E-state index in [0.717, 1.165) is 5.69 Å². The van der Waals surface area contributed by atoms with Crippen molar-refractivity contribution in [3.05, 3.63) is 18.0 Å². The first kappa shape index (κ1) is 10.9. The van der Waals surface area contributed by atoms with Crippen LogP contribution in [0.1, 0.15) is 12.6 Å². The number of nitrogens with two attached hydrogens (primary N) is 1. The molecule has 5 heteroatoms. The predicted octanol–water partition coefficient (Wildman–Crippen LogP) is -0.248. The standard InChI is InChI=1S/C9H16N4O/c1-7(14)6-13(2)9-11-4-3-8(5-10)12-9/h3-4,7,14H,5-6,10H2,1-2H3. The van der Waals surface area contributed by atoms with Crippen molar-refractivity contribution in [3.63, 3.8) is 0 Å². The van der Waals surface area contributed by atoms with Crippen molar-refractivity contribution in [1.82, 2.24) is 9.97 Å². The van der Waals surface area contributed by atoms with Crippen LogP contribution < -0.4 is 10.6 Å². The highest BCUT2D eigenvalue weighted by Crippen LogP contribution is 2.05. The molecule has 0 aliphatic carbocycles. The predicted molar refractivity (Wildman–Crippen MR) is 54.9 cm³/mol. The van der Waals surface area contributed by atoms with Crippen LogP contribution >= 0.6 is 0 Å². The number of rotatable bonds is 4. The summed E-state index contributed by atoms with van der Waals surface area (Å²) < 4.78 is 0. The molecule has 5 nitrogen and oxygen atoms in total. The Hall–Kier alpha value is -1.20. The van der Waals surface area contributed by atoms with Gasteiger partial charge in [0, 0.05) is 26.3 Å². The Morgan fingerprint density at radius 3 is 2.93 bits per heavy atom. The van der Waals surface area contributed by atoms with Crippen molar-refractivity contribution >= 4 is 5.95 Å². The second-order valence-corrected chi connectivity index (χ2v) is 3.28. The largest absolute Gasteiger partial charge is 0.392 e. The van der Waals surface area contributed by atoms with Crippen molar-refractivity contribution in [2.75, 3.05) is 18.5 Å². The Balaban J connectivity index is 2.73. The van der Waals surface area contributed by atoms with Crippen molar-refractivity contribution in [2.45, 2.75) is 19.6 Å². The van der Waals surface area contributed by atoms with E-state index in [0.29, 0.717) is 19.0 Å². The van der Waals surface area contributed by atoms with E-state index in [-0.39, 0.29) is 0 Å². The molecule has 0 spiro atoms. The number of aromatic nitrogens is 2. The third-order valence-electron chi connectivity index (χ3n) is 1.79. The molecule has 0 amide bonds. The van der Waals surface area contributed by atoms with Crippen molar-refractivity contribution < 1.29 is 5.11 Å². The first-order valence-electron chi connectivity index (χ1n) is 4.54. The molecule has 0 aliphatic heterocycles. The minimum atomic E-state index is -0.398. The molecule has 0 saturated heterocycles. The topological polar surface area (TPSA) is 75.3 Å². The van der Waals surface area contributed by atoms with Crippen molar-refractivity contribution in [3.8, 4) is 0 Å². The molecule has 14 heavy (non-hydrogen) atoms. The van der Waals surface area contributed by atoms with Crippen LogP contribution in [0.5, 0.6) is 0 Å². The molecule has 0 aliphatic rings. The van der Waals surface area contributed by atoms with Gasteiger partial charge in [-0.2, -0.15) is 0 Å². The lowest BCUT2D eigenvalue weighted by molar-refractivity contribution is 0.201. The summed E-state index contributed by atoms with van der Waals surface area (Å²) in [6.07, 6.45) is 1.27. The average molecular weight is 196 g/mol. The molecule has 1 heterocycles. The quantitative estimate of drug-likeness (QED) is 0.694. The summed E-state index contributed by atoms with van der Waals surface area (Å²) in [5.74, 6) is 0.592. The van der Waals surface area contributed by atoms with E-state index in [1.807, 2.05) is 7.05 Å². The summed E-state index contributed by atoms with van der Waals surface area (Å²) in [5, 5.41) is 9.19. The molecule has 0 radical (unpaired) electrons. The summed E-state index contributed by atoms with van der Waals surface area (Å²) in [6.45, 7) is 2.63. The number of hydrogen-bond donors (Lipinski definition) is 2. The minimum Gasteiger partial charge on any atom is -0.392 e. The molecule has 0 aromatic carbocycles. The van der Waals surface area contributed by atoms with E-state index in [1.165, 1.54) is 0 Å². The zero-order valence-electron chi connectivity index (χ0n) is 8.51. The molecule has 3 N–H and O–H groups in total. The van der Waals surface area contributed by atoms with E-state index < -0.39 is 6.10 Å². The van der Waals surface area contributed by atoms with E-state index >= 15 is 0 Å². The fraction of sp³-hybridized carbons (Fsp3) is 0.556. The molecule has 78 valence electrons. The third kappa shape index (κ3) is 2.93. The number of nitrogens with zero attached hydrogens (tertiary/aromatic N) is 3. The molecule has 1 aromatic heterocycles. The van der Waals surface area contributed by atoms with Crippen LogP contribution in [-0.2, 0) is 6.54 Å². The Bertz CT molecular complexity index is 290. The van der Waals surface area contributed by atoms with E-state index in [2.05, 4.69) is 9.97 Å². The maximum Gasteiger partial charge on any atom is 0.225 e. The first-order valence-corrected chi connectivity index (χ1v) is 4.54. The highest BCUT2D eigenvalue weighted by atomic mass is 16.3. The maximum absolute atomic E-state index is 9.19. The van der Waals surface area contributed by atoms with Crippen LogP contribution in [0.25, 0.3) is 0 Å². The second-order valence-electron chi connectivity index (χ2n) is 3.28. The highest BCUT2D eigenvalue weighted by molar-refractivity contribution is 5.28. The summed E-state index contributed by atoms with van der Waals surface area (Å²) in [6, 6.07) is 1.78. The molecule has 1 rings (SSSR count). The van der Waals surface area contributed by atoms with Gasteiger partial charge in [0.2, 0.25) is 5.95 Å². The Morgan fingerprint density at radius 2 is 2.36 bits per heavy atom. The summed E-state index contributed by atoms with van der Waals surface area (Å²) in [7, 11) is 1.84. The van der Waals surface area contributed by atoms with Crippen LogP contribution in [0.2, 0.25) is 0 Å². The van der Waals surface area contributed by atoms with Gasteiger partial charge >= 0.3 is 0 Å². The second kappa shape index (κ2) is 4.88. The molecule has 0 bridgehead atoms. The fourth-order valence-corrected chi connectivity index (χ4v) is 1.16. The van der Waals surface area contributed by atoms with Gasteiger partial charge in [-0.15, -0.1) is 0 Å². The van der Waals surface area contributed by atoms with E-state index in [4.69, 9.17) is 5.73 Å².